The lowest BCUT2D eigenvalue weighted by Gasteiger charge is -2.25. The molecule has 12 heavy (non-hydrogen) atoms. The van der Waals surface area contributed by atoms with Crippen molar-refractivity contribution in [2.24, 2.45) is 5.92 Å². The molecular formula is C10H20OSi. The molecule has 0 aromatic carbocycles. The molecule has 0 N–H and O–H groups in total. The van der Waals surface area contributed by atoms with Gasteiger partial charge in [-0.2, -0.15) is 0 Å². The minimum absolute atomic E-state index is 0.727. The van der Waals surface area contributed by atoms with Crippen molar-refractivity contribution in [1.82, 2.24) is 0 Å². The predicted molar refractivity (Wildman–Crippen MR) is 55.5 cm³/mol. The van der Waals surface area contributed by atoms with Crippen LogP contribution >= 0.6 is 0 Å². The lowest BCUT2D eigenvalue weighted by atomic mass is 9.97. The van der Waals surface area contributed by atoms with Gasteiger partial charge >= 0.3 is 0 Å². The first-order valence-corrected chi connectivity index (χ1v) is 8.28. The summed E-state index contributed by atoms with van der Waals surface area (Å²) >= 11 is 0. The van der Waals surface area contributed by atoms with E-state index in [0.29, 0.717) is 0 Å². The molecule has 2 heteroatoms. The highest BCUT2D eigenvalue weighted by molar-refractivity contribution is 6.70. The summed E-state index contributed by atoms with van der Waals surface area (Å²) in [7, 11) is -1.34. The number of allylic oxidation sites excluding steroid dienone is 2. The van der Waals surface area contributed by atoms with E-state index < -0.39 is 8.32 Å². The lowest BCUT2D eigenvalue weighted by Crippen LogP contribution is -2.25. The van der Waals surface area contributed by atoms with Crippen LogP contribution in [0.25, 0.3) is 0 Å². The molecule has 70 valence electrons. The number of hydrogen-bond acceptors (Lipinski definition) is 1. The van der Waals surface area contributed by atoms with Gasteiger partial charge in [0.05, 0.1) is 5.76 Å². The molecule has 1 aliphatic carbocycles. The zero-order chi connectivity index (χ0) is 9.19. The Labute approximate surface area is 76.9 Å². The number of hydrogen-bond donors (Lipinski definition) is 0. The summed E-state index contributed by atoms with van der Waals surface area (Å²) in [5.74, 6) is 1.98. The normalized spacial score (nSPS) is 25.0. The average molecular weight is 184 g/mol. The highest BCUT2D eigenvalue weighted by Gasteiger charge is 2.19. The summed E-state index contributed by atoms with van der Waals surface area (Å²) in [5.41, 5.74) is 0. The molecule has 1 rings (SSSR count). The molecule has 0 radical (unpaired) electrons. The molecule has 0 saturated heterocycles. The van der Waals surface area contributed by atoms with Crippen LogP contribution in [0.15, 0.2) is 11.8 Å². The van der Waals surface area contributed by atoms with Crippen LogP contribution in [-0.2, 0) is 4.43 Å². The zero-order valence-electron chi connectivity index (χ0n) is 8.68. The van der Waals surface area contributed by atoms with E-state index in [0.717, 1.165) is 12.3 Å². The van der Waals surface area contributed by atoms with Crippen molar-refractivity contribution in [1.29, 1.82) is 0 Å². The molecule has 0 spiro atoms. The Morgan fingerprint density at radius 3 is 2.58 bits per heavy atom. The van der Waals surface area contributed by atoms with Crippen molar-refractivity contribution in [3.63, 3.8) is 0 Å². The predicted octanol–water partition coefficient (Wildman–Crippen LogP) is 3.54. The smallest absolute Gasteiger partial charge is 0.241 e. The van der Waals surface area contributed by atoms with Gasteiger partial charge in [0.15, 0.2) is 0 Å². The fourth-order valence-corrected chi connectivity index (χ4v) is 2.52. The summed E-state index contributed by atoms with van der Waals surface area (Å²) in [5, 5.41) is 0. The van der Waals surface area contributed by atoms with Crippen molar-refractivity contribution >= 4 is 8.32 Å². The Morgan fingerprint density at radius 2 is 2.08 bits per heavy atom. The van der Waals surface area contributed by atoms with E-state index in [1.54, 1.807) is 0 Å². The standard InChI is InChI=1S/C10H20OSi/c1-9-6-5-7-10(8-9)11-12(2,3)4/h8-9H,5-7H2,1-4H3/t9-/m1/s1. The minimum atomic E-state index is -1.34. The maximum atomic E-state index is 5.95. The van der Waals surface area contributed by atoms with E-state index in [-0.39, 0.29) is 0 Å². The third-order valence-electron chi connectivity index (χ3n) is 1.99. The molecule has 1 aliphatic rings. The van der Waals surface area contributed by atoms with Crippen molar-refractivity contribution in [3.05, 3.63) is 11.8 Å². The zero-order valence-corrected chi connectivity index (χ0v) is 9.68. The fourth-order valence-electron chi connectivity index (χ4n) is 1.56. The Kier molecular flexibility index (Phi) is 2.99. The molecule has 1 atom stereocenters. The Balaban J connectivity index is 2.52. The van der Waals surface area contributed by atoms with Gasteiger partial charge in [0.2, 0.25) is 8.32 Å². The van der Waals surface area contributed by atoms with Gasteiger partial charge in [-0.25, -0.2) is 0 Å². The van der Waals surface area contributed by atoms with Crippen LogP contribution in [0.4, 0.5) is 0 Å². The van der Waals surface area contributed by atoms with E-state index in [1.165, 1.54) is 18.6 Å². The van der Waals surface area contributed by atoms with Gasteiger partial charge in [0.25, 0.3) is 0 Å². The second-order valence-corrected chi connectivity index (χ2v) is 9.15. The monoisotopic (exact) mass is 184 g/mol. The van der Waals surface area contributed by atoms with Crippen molar-refractivity contribution in [2.45, 2.75) is 45.8 Å². The molecule has 0 aliphatic heterocycles. The molecule has 0 bridgehead atoms. The quantitative estimate of drug-likeness (QED) is 0.596. The van der Waals surface area contributed by atoms with E-state index in [4.69, 9.17) is 4.43 Å². The first kappa shape index (κ1) is 9.84. The third kappa shape index (κ3) is 3.44. The van der Waals surface area contributed by atoms with Crippen LogP contribution in [0.1, 0.15) is 26.2 Å². The SMILES string of the molecule is C[C@H]1C=C(O[Si](C)(C)C)CCC1. The van der Waals surface area contributed by atoms with Crippen LogP contribution in [0.5, 0.6) is 0 Å². The first-order chi connectivity index (χ1) is 5.47. The Hall–Kier alpha value is -0.243. The maximum Gasteiger partial charge on any atom is 0.241 e. The van der Waals surface area contributed by atoms with Gasteiger partial charge in [-0.1, -0.05) is 6.92 Å². The Morgan fingerprint density at radius 1 is 1.42 bits per heavy atom. The number of rotatable bonds is 2. The van der Waals surface area contributed by atoms with Crippen molar-refractivity contribution in [2.75, 3.05) is 0 Å². The molecule has 0 aromatic rings. The fraction of sp³-hybridized carbons (Fsp3) is 0.800. The van der Waals surface area contributed by atoms with Crippen LogP contribution in [0, 0.1) is 5.92 Å². The van der Waals surface area contributed by atoms with Crippen LogP contribution in [-0.4, -0.2) is 8.32 Å². The lowest BCUT2D eigenvalue weighted by molar-refractivity contribution is 0.363. The molecule has 0 fully saturated rings. The molecule has 0 aromatic heterocycles. The third-order valence-corrected chi connectivity index (χ3v) is 2.86. The molecule has 0 saturated carbocycles. The minimum Gasteiger partial charge on any atom is -0.548 e. The summed E-state index contributed by atoms with van der Waals surface area (Å²) in [4.78, 5) is 0. The first-order valence-electron chi connectivity index (χ1n) is 4.87. The van der Waals surface area contributed by atoms with E-state index in [1.807, 2.05) is 0 Å². The largest absolute Gasteiger partial charge is 0.548 e. The second kappa shape index (κ2) is 3.65. The van der Waals surface area contributed by atoms with Gasteiger partial charge in [-0.05, 0) is 44.5 Å². The van der Waals surface area contributed by atoms with Gasteiger partial charge < -0.3 is 4.43 Å². The summed E-state index contributed by atoms with van der Waals surface area (Å²) in [6.07, 6.45) is 6.10. The second-order valence-electron chi connectivity index (χ2n) is 4.72. The van der Waals surface area contributed by atoms with E-state index in [2.05, 4.69) is 32.6 Å². The maximum absolute atomic E-state index is 5.95. The van der Waals surface area contributed by atoms with E-state index in [9.17, 15) is 0 Å². The van der Waals surface area contributed by atoms with Gasteiger partial charge in [0.1, 0.15) is 0 Å². The van der Waals surface area contributed by atoms with Crippen molar-refractivity contribution < 1.29 is 4.43 Å². The van der Waals surface area contributed by atoms with Gasteiger partial charge in [-0.3, -0.25) is 0 Å². The van der Waals surface area contributed by atoms with E-state index >= 15 is 0 Å². The Bertz CT molecular complexity index is 179. The molecule has 0 heterocycles. The van der Waals surface area contributed by atoms with Gasteiger partial charge in [0, 0.05) is 6.42 Å². The van der Waals surface area contributed by atoms with Gasteiger partial charge in [-0.15, -0.1) is 0 Å². The summed E-state index contributed by atoms with van der Waals surface area (Å²) < 4.78 is 5.95. The van der Waals surface area contributed by atoms with Crippen LogP contribution in [0.2, 0.25) is 19.6 Å². The van der Waals surface area contributed by atoms with Crippen LogP contribution < -0.4 is 0 Å². The average Bonchev–Trinajstić information content (AvgIpc) is 1.82. The topological polar surface area (TPSA) is 9.23 Å². The highest BCUT2D eigenvalue weighted by Crippen LogP contribution is 2.25. The molecule has 0 unspecified atom stereocenters. The summed E-state index contributed by atoms with van der Waals surface area (Å²) in [6, 6.07) is 0. The van der Waals surface area contributed by atoms with Crippen LogP contribution in [0.3, 0.4) is 0 Å². The highest BCUT2D eigenvalue weighted by atomic mass is 28.4. The molecule has 0 amide bonds. The molecular weight excluding hydrogens is 164 g/mol. The van der Waals surface area contributed by atoms with Crippen molar-refractivity contribution in [3.8, 4) is 0 Å². The molecule has 1 nitrogen and oxygen atoms in total. The summed E-state index contributed by atoms with van der Waals surface area (Å²) in [6.45, 7) is 9.00.